The third-order valence-corrected chi connectivity index (χ3v) is 1.93. The molecule has 10 heteroatoms. The van der Waals surface area contributed by atoms with E-state index in [1.807, 2.05) is 0 Å². The summed E-state index contributed by atoms with van der Waals surface area (Å²) in [5.74, 6) is -8.12. The number of imide groups is 3. The average Bonchev–Trinajstić information content (AvgIpc) is 2.66. The van der Waals surface area contributed by atoms with Gasteiger partial charge in [-0.25, -0.2) is 14.1 Å². The highest BCUT2D eigenvalue weighted by atomic mass is 19.4. The topological polar surface area (TPSA) is 80.8 Å². The van der Waals surface area contributed by atoms with Crippen LogP contribution in [0.15, 0.2) is 24.1 Å². The highest BCUT2D eigenvalue weighted by Gasteiger charge is 2.36. The molecule has 0 spiro atoms. The van der Waals surface area contributed by atoms with Crippen molar-refractivity contribution in [3.63, 3.8) is 0 Å². The predicted molar refractivity (Wildman–Crippen MR) is 52.2 cm³/mol. The Morgan fingerprint density at radius 3 is 2.15 bits per heavy atom. The molecule has 20 heavy (non-hydrogen) atoms. The van der Waals surface area contributed by atoms with Crippen molar-refractivity contribution in [3.05, 3.63) is 24.1 Å². The van der Waals surface area contributed by atoms with Gasteiger partial charge in [0.1, 0.15) is 6.61 Å². The third kappa shape index (κ3) is 3.49. The minimum Gasteiger partial charge on any atom is -0.454 e. The molecule has 0 saturated heterocycles. The van der Waals surface area contributed by atoms with Gasteiger partial charge >= 0.3 is 18.1 Å². The van der Waals surface area contributed by atoms with E-state index in [9.17, 15) is 36.7 Å². The first-order valence-corrected chi connectivity index (χ1v) is 4.84. The minimum atomic E-state index is -5.23. The zero-order valence-electron chi connectivity index (χ0n) is 9.44. The van der Waals surface area contributed by atoms with Crippen molar-refractivity contribution in [2.75, 3.05) is 6.61 Å². The third-order valence-electron chi connectivity index (χ3n) is 1.93. The van der Waals surface area contributed by atoms with E-state index in [0.29, 0.717) is 0 Å². The van der Waals surface area contributed by atoms with Crippen LogP contribution in [0.2, 0.25) is 0 Å². The summed E-state index contributed by atoms with van der Waals surface area (Å²) in [4.78, 5) is 44.3. The zero-order valence-corrected chi connectivity index (χ0v) is 9.44. The lowest BCUT2D eigenvalue weighted by atomic mass is 10.4. The molecule has 1 rings (SSSR count). The number of allylic oxidation sites excluding steroid dienone is 1. The summed E-state index contributed by atoms with van der Waals surface area (Å²) in [6.07, 6.45) is -3.91. The summed E-state index contributed by atoms with van der Waals surface area (Å²) < 4.78 is 51.5. The van der Waals surface area contributed by atoms with Crippen LogP contribution in [0, 0.1) is 0 Å². The molecule has 0 N–H and O–H groups in total. The van der Waals surface area contributed by atoms with E-state index in [-0.39, 0.29) is 11.0 Å². The molecule has 0 aliphatic carbocycles. The van der Waals surface area contributed by atoms with Crippen molar-refractivity contribution >= 4 is 23.7 Å². The van der Waals surface area contributed by atoms with Gasteiger partial charge in [-0.1, -0.05) is 0 Å². The maximum Gasteiger partial charge on any atom is 0.442 e. The summed E-state index contributed by atoms with van der Waals surface area (Å²) in [7, 11) is 0. The molecule has 0 atom stereocenters. The number of amides is 3. The molecule has 1 heterocycles. The molecule has 6 nitrogen and oxygen atoms in total. The van der Waals surface area contributed by atoms with Crippen LogP contribution < -0.4 is 0 Å². The Morgan fingerprint density at radius 1 is 1.20 bits per heavy atom. The summed E-state index contributed by atoms with van der Waals surface area (Å²) >= 11 is 0. The molecule has 0 aromatic rings. The molecule has 1 aliphatic heterocycles. The van der Waals surface area contributed by atoms with Gasteiger partial charge < -0.3 is 4.74 Å². The Labute approximate surface area is 108 Å². The number of hydrogen-bond donors (Lipinski definition) is 0. The molecule has 0 fully saturated rings. The molecular weight excluding hydrogens is 290 g/mol. The normalized spacial score (nSPS) is 15.8. The van der Waals surface area contributed by atoms with Crippen molar-refractivity contribution in [2.45, 2.75) is 6.18 Å². The Bertz CT molecular complexity index is 516. The molecule has 0 radical (unpaired) electrons. The van der Waals surface area contributed by atoms with Crippen LogP contribution in [-0.2, 0) is 23.9 Å². The Balaban J connectivity index is 2.58. The second kappa shape index (κ2) is 5.63. The lowest BCUT2D eigenvalue weighted by molar-refractivity contribution is -0.164. The van der Waals surface area contributed by atoms with E-state index in [0.717, 1.165) is 12.2 Å². The Morgan fingerprint density at radius 2 is 1.70 bits per heavy atom. The molecule has 1 aliphatic rings. The van der Waals surface area contributed by atoms with Crippen LogP contribution in [0.5, 0.6) is 0 Å². The summed E-state index contributed by atoms with van der Waals surface area (Å²) in [6.45, 7) is -1.18. The van der Waals surface area contributed by atoms with Gasteiger partial charge in [0.05, 0.1) is 0 Å². The van der Waals surface area contributed by atoms with Gasteiger partial charge in [0.25, 0.3) is 11.8 Å². The summed E-state index contributed by atoms with van der Waals surface area (Å²) in [5.41, 5.74) is 0. The Kier molecular flexibility index (Phi) is 4.38. The fourth-order valence-electron chi connectivity index (χ4n) is 1.06. The van der Waals surface area contributed by atoms with Crippen LogP contribution in [0.25, 0.3) is 0 Å². The summed E-state index contributed by atoms with van der Waals surface area (Å²) in [6, 6.07) is 0. The number of nitrogens with zero attached hydrogens (tertiary/aromatic N) is 1. The maximum absolute atomic E-state index is 12.3. The van der Waals surface area contributed by atoms with Crippen LogP contribution >= 0.6 is 0 Å². The largest absolute Gasteiger partial charge is 0.454 e. The molecule has 0 aromatic carbocycles. The van der Waals surface area contributed by atoms with Crippen molar-refractivity contribution in [1.82, 2.24) is 4.90 Å². The van der Waals surface area contributed by atoms with Crippen LogP contribution in [0.4, 0.5) is 17.6 Å². The molecule has 108 valence electrons. The zero-order chi connectivity index (χ0) is 15.5. The lowest BCUT2D eigenvalue weighted by Gasteiger charge is -2.10. The molecule has 0 unspecified atom stereocenters. The van der Waals surface area contributed by atoms with Gasteiger partial charge in [-0.15, -0.1) is 0 Å². The molecule has 0 saturated carbocycles. The van der Waals surface area contributed by atoms with E-state index < -0.39 is 42.3 Å². The first-order valence-electron chi connectivity index (χ1n) is 4.84. The number of halogens is 4. The van der Waals surface area contributed by atoms with Gasteiger partial charge in [0.2, 0.25) is 5.83 Å². The molecule has 0 bridgehead atoms. The van der Waals surface area contributed by atoms with E-state index in [2.05, 4.69) is 4.74 Å². The van der Waals surface area contributed by atoms with Crippen LogP contribution in [0.3, 0.4) is 0 Å². The maximum atomic E-state index is 12.3. The van der Waals surface area contributed by atoms with Crippen molar-refractivity contribution in [2.24, 2.45) is 0 Å². The lowest BCUT2D eigenvalue weighted by Crippen LogP contribution is -2.41. The standard InChI is InChI=1S/C10H5F4NO5/c11-5(10(12,13)14)3-4-20-9(19)8(18)15-6(16)1-2-7(15)17/h1-3H,4H2/b5-3-. The molecule has 0 aromatic heterocycles. The first kappa shape index (κ1) is 15.5. The van der Waals surface area contributed by atoms with Gasteiger partial charge in [-0.05, 0) is 6.08 Å². The minimum absolute atomic E-state index is 0.0633. The number of hydrogen-bond acceptors (Lipinski definition) is 5. The number of ether oxygens (including phenoxy) is 1. The number of esters is 1. The molecule has 3 amide bonds. The van der Waals surface area contributed by atoms with E-state index >= 15 is 0 Å². The number of carbonyl (C=O) groups is 4. The van der Waals surface area contributed by atoms with Crippen LogP contribution in [0.1, 0.15) is 0 Å². The van der Waals surface area contributed by atoms with Gasteiger partial charge in [-0.2, -0.15) is 13.2 Å². The monoisotopic (exact) mass is 295 g/mol. The van der Waals surface area contributed by atoms with E-state index in [4.69, 9.17) is 0 Å². The van der Waals surface area contributed by atoms with Crippen molar-refractivity contribution < 1.29 is 41.5 Å². The second-order valence-electron chi connectivity index (χ2n) is 3.30. The summed E-state index contributed by atoms with van der Waals surface area (Å²) in [5, 5.41) is 0. The van der Waals surface area contributed by atoms with E-state index in [1.54, 1.807) is 0 Å². The first-order chi connectivity index (χ1) is 9.14. The fourth-order valence-corrected chi connectivity index (χ4v) is 1.06. The number of rotatable bonds is 2. The van der Waals surface area contributed by atoms with Crippen molar-refractivity contribution in [1.29, 1.82) is 0 Å². The number of alkyl halides is 3. The average molecular weight is 295 g/mol. The smallest absolute Gasteiger partial charge is 0.442 e. The number of carbonyl (C=O) groups excluding carboxylic acids is 4. The Hall–Kier alpha value is -2.52. The highest BCUT2D eigenvalue weighted by molar-refractivity contribution is 6.42. The van der Waals surface area contributed by atoms with Crippen molar-refractivity contribution in [3.8, 4) is 0 Å². The van der Waals surface area contributed by atoms with Gasteiger partial charge in [-0.3, -0.25) is 14.4 Å². The van der Waals surface area contributed by atoms with Gasteiger partial charge in [0.15, 0.2) is 0 Å². The van der Waals surface area contributed by atoms with E-state index in [1.165, 1.54) is 0 Å². The highest BCUT2D eigenvalue weighted by Crippen LogP contribution is 2.25. The predicted octanol–water partition coefficient (Wildman–Crippen LogP) is 0.397. The fraction of sp³-hybridized carbons (Fsp3) is 0.200. The quantitative estimate of drug-likeness (QED) is 0.319. The SMILES string of the molecule is O=C(OC/C=C(\F)C(F)(F)F)C(=O)N1C(=O)C=CC1=O. The van der Waals surface area contributed by atoms with Crippen LogP contribution in [-0.4, -0.2) is 41.4 Å². The second-order valence-corrected chi connectivity index (χ2v) is 3.30. The van der Waals surface area contributed by atoms with Gasteiger partial charge in [0, 0.05) is 12.2 Å². The molecular formula is C10H5F4NO5.